The van der Waals surface area contributed by atoms with Crippen molar-refractivity contribution in [2.45, 2.75) is 30.7 Å². The average molecular weight is 509 g/mol. The minimum atomic E-state index is -1.77. The van der Waals surface area contributed by atoms with Crippen molar-refractivity contribution in [1.82, 2.24) is 10.6 Å². The lowest BCUT2D eigenvalue weighted by Gasteiger charge is -2.30. The van der Waals surface area contributed by atoms with Gasteiger partial charge >= 0.3 is 0 Å². The van der Waals surface area contributed by atoms with Gasteiger partial charge in [-0.1, -0.05) is 55.6 Å². The third-order valence-corrected chi connectivity index (χ3v) is 4.26. The lowest BCUT2D eigenvalue weighted by atomic mass is 9.95. The first-order valence-corrected chi connectivity index (χ1v) is 9.22. The van der Waals surface area contributed by atoms with Gasteiger partial charge < -0.3 is 16.0 Å². The number of benzene rings is 1. The molecule has 1 rings (SSSR count). The van der Waals surface area contributed by atoms with Gasteiger partial charge in [-0.3, -0.25) is 4.79 Å². The first-order chi connectivity index (χ1) is 10.4. The highest BCUT2D eigenvalue weighted by Crippen LogP contribution is 2.30. The molecule has 0 saturated carbocycles. The van der Waals surface area contributed by atoms with Crippen LogP contribution < -0.4 is 16.0 Å². The van der Waals surface area contributed by atoms with Crippen LogP contribution in [0.5, 0.6) is 0 Å². The maximum Gasteiger partial charge on any atom is 0.228 e. The fraction of sp³-hybridized carbons (Fsp3) is 0.429. The minimum Gasteiger partial charge on any atom is -0.339 e. The van der Waals surface area contributed by atoms with E-state index in [1.165, 1.54) is 0 Å². The third kappa shape index (κ3) is 7.60. The average Bonchev–Trinajstić information content (AvgIpc) is 2.38. The van der Waals surface area contributed by atoms with Crippen LogP contribution in [0.4, 0.5) is 5.69 Å². The molecule has 0 spiro atoms. The van der Waals surface area contributed by atoms with Crippen LogP contribution in [-0.2, 0) is 4.79 Å². The standard InChI is InChI=1S/C14H17Cl3IN3OS/c1-13(2,3)11(22)20-10(14(15,16)17)21-12(23)19-9-6-4-8(18)5-7-9/h4-7,10H,1-3H3,(H,20,22)(H2,19,21,23)/t10-/m0/s1. The molecule has 1 amide bonds. The van der Waals surface area contributed by atoms with Crippen LogP contribution in [0.1, 0.15) is 20.8 Å². The van der Waals surface area contributed by atoms with Crippen LogP contribution in [0.25, 0.3) is 0 Å². The van der Waals surface area contributed by atoms with E-state index in [-0.39, 0.29) is 11.0 Å². The van der Waals surface area contributed by atoms with E-state index in [0.29, 0.717) is 0 Å². The molecule has 4 nitrogen and oxygen atoms in total. The van der Waals surface area contributed by atoms with Gasteiger partial charge in [-0.25, -0.2) is 0 Å². The van der Waals surface area contributed by atoms with E-state index in [1.807, 2.05) is 24.3 Å². The summed E-state index contributed by atoms with van der Waals surface area (Å²) >= 11 is 25.2. The predicted molar refractivity (Wildman–Crippen MR) is 110 cm³/mol. The molecule has 1 aromatic rings. The largest absolute Gasteiger partial charge is 0.339 e. The number of alkyl halides is 3. The fourth-order valence-electron chi connectivity index (χ4n) is 1.38. The molecular formula is C14H17Cl3IN3OS. The Morgan fingerprint density at radius 2 is 1.65 bits per heavy atom. The van der Waals surface area contributed by atoms with Crippen molar-refractivity contribution in [2.24, 2.45) is 5.41 Å². The second-order valence-corrected chi connectivity index (χ2v) is 9.83. The molecule has 0 unspecified atom stereocenters. The highest BCUT2D eigenvalue weighted by molar-refractivity contribution is 14.1. The smallest absolute Gasteiger partial charge is 0.228 e. The molecule has 0 bridgehead atoms. The number of anilines is 1. The van der Waals surface area contributed by atoms with E-state index in [9.17, 15) is 4.79 Å². The molecule has 0 radical (unpaired) electrons. The lowest BCUT2D eigenvalue weighted by molar-refractivity contribution is -0.129. The van der Waals surface area contributed by atoms with E-state index >= 15 is 0 Å². The molecule has 3 N–H and O–H groups in total. The third-order valence-electron chi connectivity index (χ3n) is 2.66. The van der Waals surface area contributed by atoms with Gasteiger partial charge in [0.25, 0.3) is 0 Å². The van der Waals surface area contributed by atoms with Crippen LogP contribution in [-0.4, -0.2) is 21.0 Å². The van der Waals surface area contributed by atoms with Gasteiger partial charge in [0.2, 0.25) is 9.70 Å². The number of nitrogens with one attached hydrogen (secondary N) is 3. The molecule has 0 fully saturated rings. The Kier molecular flexibility index (Phi) is 7.66. The second kappa shape index (κ2) is 8.38. The predicted octanol–water partition coefficient (Wildman–Crippen LogP) is 4.44. The number of hydrogen-bond donors (Lipinski definition) is 3. The topological polar surface area (TPSA) is 53.2 Å². The summed E-state index contributed by atoms with van der Waals surface area (Å²) in [7, 11) is 0. The van der Waals surface area contributed by atoms with Crippen molar-refractivity contribution in [1.29, 1.82) is 0 Å². The molecule has 0 aliphatic heterocycles. The van der Waals surface area contributed by atoms with Crippen LogP contribution >= 0.6 is 69.6 Å². The molecule has 0 heterocycles. The van der Waals surface area contributed by atoms with Gasteiger partial charge in [-0.2, -0.15) is 0 Å². The zero-order chi connectivity index (χ0) is 17.8. The Balaban J connectivity index is 2.75. The molecule has 23 heavy (non-hydrogen) atoms. The van der Waals surface area contributed by atoms with Gasteiger partial charge in [-0.05, 0) is 59.1 Å². The van der Waals surface area contributed by atoms with E-state index in [1.54, 1.807) is 20.8 Å². The summed E-state index contributed by atoms with van der Waals surface area (Å²) < 4.78 is -0.665. The number of hydrogen-bond acceptors (Lipinski definition) is 2. The van der Waals surface area contributed by atoms with Crippen molar-refractivity contribution in [3.63, 3.8) is 0 Å². The zero-order valence-electron chi connectivity index (χ0n) is 12.7. The van der Waals surface area contributed by atoms with Crippen molar-refractivity contribution < 1.29 is 4.79 Å². The summed E-state index contributed by atoms with van der Waals surface area (Å²) in [5.74, 6) is -0.265. The van der Waals surface area contributed by atoms with Crippen LogP contribution in [0.2, 0.25) is 0 Å². The van der Waals surface area contributed by atoms with Gasteiger partial charge in [-0.15, -0.1) is 0 Å². The van der Waals surface area contributed by atoms with Crippen LogP contribution in [0, 0.1) is 8.99 Å². The number of amides is 1. The summed E-state index contributed by atoms with van der Waals surface area (Å²) in [5.41, 5.74) is 0.161. The van der Waals surface area contributed by atoms with Gasteiger partial charge in [0.05, 0.1) is 0 Å². The first kappa shape index (κ1) is 21.0. The van der Waals surface area contributed by atoms with E-state index in [0.717, 1.165) is 9.26 Å². The van der Waals surface area contributed by atoms with Crippen LogP contribution in [0.3, 0.4) is 0 Å². The highest BCUT2D eigenvalue weighted by Gasteiger charge is 2.36. The second-order valence-electron chi connectivity index (χ2n) is 5.80. The number of thiocarbonyl (C=S) groups is 1. The monoisotopic (exact) mass is 507 g/mol. The van der Waals surface area contributed by atoms with E-state index in [4.69, 9.17) is 47.0 Å². The number of carbonyl (C=O) groups is 1. The quantitative estimate of drug-likeness (QED) is 0.245. The fourth-order valence-corrected chi connectivity index (χ4v) is 2.30. The van der Waals surface area contributed by atoms with E-state index < -0.39 is 15.4 Å². The Morgan fingerprint density at radius 1 is 1.13 bits per heavy atom. The normalized spacial score (nSPS) is 13.2. The SMILES string of the molecule is CC(C)(C)C(=O)N[C@@H](NC(=S)Nc1ccc(I)cc1)C(Cl)(Cl)Cl. The van der Waals surface area contributed by atoms with Gasteiger partial charge in [0, 0.05) is 14.7 Å². The van der Waals surface area contributed by atoms with Crippen molar-refractivity contribution in [3.8, 4) is 0 Å². The molecule has 1 atom stereocenters. The molecule has 0 aliphatic rings. The minimum absolute atomic E-state index is 0.233. The number of rotatable bonds is 3. The number of halogens is 4. The molecular weight excluding hydrogens is 492 g/mol. The maximum absolute atomic E-state index is 12.1. The first-order valence-electron chi connectivity index (χ1n) is 6.60. The lowest BCUT2D eigenvalue weighted by Crippen LogP contribution is -2.58. The zero-order valence-corrected chi connectivity index (χ0v) is 18.0. The van der Waals surface area contributed by atoms with Gasteiger partial charge in [0.15, 0.2) is 5.11 Å². The molecule has 9 heteroatoms. The summed E-state index contributed by atoms with van der Waals surface area (Å²) in [5, 5.41) is 8.67. The molecule has 1 aromatic carbocycles. The molecule has 0 aromatic heterocycles. The van der Waals surface area contributed by atoms with Gasteiger partial charge in [0.1, 0.15) is 6.17 Å². The Morgan fingerprint density at radius 3 is 2.09 bits per heavy atom. The molecule has 128 valence electrons. The van der Waals surface area contributed by atoms with E-state index in [2.05, 4.69) is 38.5 Å². The molecule has 0 aliphatic carbocycles. The number of carbonyl (C=O) groups excluding carboxylic acids is 1. The molecule has 0 saturated heterocycles. The summed E-state index contributed by atoms with van der Waals surface area (Å²) in [6.07, 6.45) is -0.969. The Bertz CT molecular complexity index is 570. The van der Waals surface area contributed by atoms with Crippen LogP contribution in [0.15, 0.2) is 24.3 Å². The van der Waals surface area contributed by atoms with Crippen molar-refractivity contribution >= 4 is 86.3 Å². The highest BCUT2D eigenvalue weighted by atomic mass is 127. The summed E-state index contributed by atoms with van der Waals surface area (Å²) in [6, 6.07) is 7.60. The van der Waals surface area contributed by atoms with Crippen molar-refractivity contribution in [2.75, 3.05) is 5.32 Å². The Labute approximate surface area is 170 Å². The Hall–Kier alpha value is -0.0200. The van der Waals surface area contributed by atoms with Crippen molar-refractivity contribution in [3.05, 3.63) is 27.8 Å². The summed E-state index contributed by atoms with van der Waals surface area (Å²) in [6.45, 7) is 5.29. The summed E-state index contributed by atoms with van der Waals surface area (Å²) in [4.78, 5) is 12.1. The maximum atomic E-state index is 12.1.